The molecule has 0 spiro atoms. The summed E-state index contributed by atoms with van der Waals surface area (Å²) in [6.07, 6.45) is 3.92. The van der Waals surface area contributed by atoms with Crippen molar-refractivity contribution in [3.63, 3.8) is 0 Å². The Bertz CT molecular complexity index is 811. The van der Waals surface area contributed by atoms with Gasteiger partial charge in [0.25, 0.3) is 0 Å². The van der Waals surface area contributed by atoms with Crippen molar-refractivity contribution in [2.75, 3.05) is 5.73 Å². The number of hydrogen-bond acceptors (Lipinski definition) is 5. The number of anilines is 1. The number of aromatic nitrogens is 3. The van der Waals surface area contributed by atoms with Crippen molar-refractivity contribution in [2.45, 2.75) is 0 Å². The van der Waals surface area contributed by atoms with Crippen LogP contribution < -0.4 is 5.73 Å². The summed E-state index contributed by atoms with van der Waals surface area (Å²) in [4.78, 5) is 18.9. The van der Waals surface area contributed by atoms with Gasteiger partial charge in [-0.25, -0.2) is 9.97 Å². The molecule has 0 aliphatic heterocycles. The van der Waals surface area contributed by atoms with E-state index >= 15 is 0 Å². The summed E-state index contributed by atoms with van der Waals surface area (Å²) in [6, 6.07) is 10.3. The van der Waals surface area contributed by atoms with Gasteiger partial charge in [0.2, 0.25) is 12.4 Å². The largest absolute Gasteiger partial charge is 0.507 e. The quantitative estimate of drug-likeness (QED) is 0.715. The molecule has 0 amide bonds. The van der Waals surface area contributed by atoms with Crippen LogP contribution in [0.2, 0.25) is 0 Å². The van der Waals surface area contributed by atoms with E-state index in [1.165, 1.54) is 10.8 Å². The number of nitrogen functional groups attached to an aromatic ring is 1. The molecule has 0 atom stereocenters. The molecule has 0 unspecified atom stereocenters. The summed E-state index contributed by atoms with van der Waals surface area (Å²) in [5, 5.41) is 10.0. The van der Waals surface area contributed by atoms with Crippen LogP contribution in [-0.2, 0) is 4.79 Å². The number of nitrogens with two attached hydrogens (primary N) is 1. The van der Waals surface area contributed by atoms with Gasteiger partial charge in [0.05, 0.1) is 11.4 Å². The molecule has 6 nitrogen and oxygen atoms in total. The molecule has 3 N–H and O–H groups in total. The molecule has 1 aromatic carbocycles. The van der Waals surface area contributed by atoms with Crippen molar-refractivity contribution in [2.24, 2.45) is 0 Å². The highest BCUT2D eigenvalue weighted by molar-refractivity contribution is 5.77. The van der Waals surface area contributed by atoms with Gasteiger partial charge < -0.3 is 10.8 Å². The van der Waals surface area contributed by atoms with Crippen molar-refractivity contribution in [1.29, 1.82) is 0 Å². The van der Waals surface area contributed by atoms with Gasteiger partial charge in [-0.05, 0) is 42.0 Å². The van der Waals surface area contributed by atoms with Crippen molar-refractivity contribution >= 4 is 12.4 Å². The number of rotatable bonds is 3. The molecular weight excluding hydrogens is 268 g/mol. The standard InChI is InChI=1S/C15H12N4O2/c16-15-17-6-5-12(18-15)11-8-10(3-4-14(11)21)13-2-1-7-19(13)9-20/h1-9,21H,(H2,16,17,18). The van der Waals surface area contributed by atoms with Crippen LogP contribution in [0.15, 0.2) is 48.8 Å². The van der Waals surface area contributed by atoms with Gasteiger partial charge in [0.15, 0.2) is 0 Å². The Morgan fingerprint density at radius 1 is 1.24 bits per heavy atom. The van der Waals surface area contributed by atoms with E-state index in [0.717, 1.165) is 17.7 Å². The van der Waals surface area contributed by atoms with Gasteiger partial charge in [0.1, 0.15) is 5.75 Å². The first-order valence-corrected chi connectivity index (χ1v) is 6.23. The highest BCUT2D eigenvalue weighted by atomic mass is 16.3. The number of nitrogens with zero attached hydrogens (tertiary/aromatic N) is 3. The second-order valence-electron chi connectivity index (χ2n) is 4.44. The highest BCUT2D eigenvalue weighted by Gasteiger charge is 2.10. The zero-order valence-corrected chi connectivity index (χ0v) is 11.0. The van der Waals surface area contributed by atoms with Crippen LogP contribution in [0, 0.1) is 0 Å². The molecule has 0 saturated carbocycles. The molecule has 0 saturated heterocycles. The summed E-state index contributed by atoms with van der Waals surface area (Å²) >= 11 is 0. The summed E-state index contributed by atoms with van der Waals surface area (Å²) < 4.78 is 1.46. The van der Waals surface area contributed by atoms with E-state index in [4.69, 9.17) is 5.73 Å². The monoisotopic (exact) mass is 280 g/mol. The maximum absolute atomic E-state index is 11.0. The van der Waals surface area contributed by atoms with E-state index in [1.54, 1.807) is 36.5 Å². The second-order valence-corrected chi connectivity index (χ2v) is 4.44. The minimum Gasteiger partial charge on any atom is -0.507 e. The number of phenolic OH excluding ortho intramolecular Hbond substituents is 1. The van der Waals surface area contributed by atoms with Crippen molar-refractivity contribution in [3.05, 3.63) is 48.8 Å². The lowest BCUT2D eigenvalue weighted by molar-refractivity contribution is 0.477. The van der Waals surface area contributed by atoms with E-state index in [1.807, 2.05) is 6.07 Å². The van der Waals surface area contributed by atoms with Crippen LogP contribution >= 0.6 is 0 Å². The Kier molecular flexibility index (Phi) is 3.12. The van der Waals surface area contributed by atoms with E-state index < -0.39 is 0 Å². The molecule has 2 aromatic heterocycles. The van der Waals surface area contributed by atoms with Crippen LogP contribution in [0.5, 0.6) is 5.75 Å². The van der Waals surface area contributed by atoms with E-state index in [-0.39, 0.29) is 11.7 Å². The number of phenols is 1. The number of carbonyl (C=O) groups is 1. The average Bonchev–Trinajstić information content (AvgIpc) is 2.96. The molecule has 6 heteroatoms. The van der Waals surface area contributed by atoms with Gasteiger partial charge in [-0.3, -0.25) is 9.36 Å². The zero-order chi connectivity index (χ0) is 14.8. The van der Waals surface area contributed by atoms with E-state index in [0.29, 0.717) is 11.3 Å². The van der Waals surface area contributed by atoms with Crippen LogP contribution in [0.1, 0.15) is 0 Å². The number of hydrogen-bond donors (Lipinski definition) is 2. The Hall–Kier alpha value is -3.15. The fourth-order valence-corrected chi connectivity index (χ4v) is 2.15. The molecular formula is C15H12N4O2. The number of carbonyl (C=O) groups excluding carboxylic acids is 1. The Morgan fingerprint density at radius 2 is 2.10 bits per heavy atom. The van der Waals surface area contributed by atoms with Crippen LogP contribution in [0.3, 0.4) is 0 Å². The van der Waals surface area contributed by atoms with Crippen molar-refractivity contribution in [3.8, 4) is 28.3 Å². The van der Waals surface area contributed by atoms with Crippen LogP contribution in [0.25, 0.3) is 22.5 Å². The van der Waals surface area contributed by atoms with Crippen LogP contribution in [0.4, 0.5) is 5.95 Å². The normalized spacial score (nSPS) is 10.5. The van der Waals surface area contributed by atoms with E-state index in [2.05, 4.69) is 9.97 Å². The molecule has 2 heterocycles. The first kappa shape index (κ1) is 12.9. The SMILES string of the molecule is Nc1nccc(-c2cc(-c3cccn3C=O)ccc2O)n1. The summed E-state index contributed by atoms with van der Waals surface area (Å²) in [6.45, 7) is 0. The Balaban J connectivity index is 2.15. The molecule has 0 aliphatic carbocycles. The molecule has 0 aliphatic rings. The minimum atomic E-state index is 0.0843. The molecule has 3 aromatic rings. The summed E-state index contributed by atoms with van der Waals surface area (Å²) in [5.74, 6) is 0.217. The maximum Gasteiger partial charge on any atom is 0.220 e. The first-order valence-electron chi connectivity index (χ1n) is 6.23. The average molecular weight is 280 g/mol. The van der Waals surface area contributed by atoms with E-state index in [9.17, 15) is 9.90 Å². The zero-order valence-electron chi connectivity index (χ0n) is 11.0. The Morgan fingerprint density at radius 3 is 2.86 bits per heavy atom. The third-order valence-corrected chi connectivity index (χ3v) is 3.13. The van der Waals surface area contributed by atoms with Crippen molar-refractivity contribution in [1.82, 2.24) is 14.5 Å². The molecule has 0 bridgehead atoms. The predicted molar refractivity (Wildman–Crippen MR) is 79.1 cm³/mol. The molecule has 104 valence electrons. The highest BCUT2D eigenvalue weighted by Crippen LogP contribution is 2.32. The van der Waals surface area contributed by atoms with Gasteiger partial charge >= 0.3 is 0 Å². The number of aromatic hydroxyl groups is 1. The van der Waals surface area contributed by atoms with Gasteiger partial charge in [-0.15, -0.1) is 0 Å². The first-order chi connectivity index (χ1) is 10.2. The molecule has 21 heavy (non-hydrogen) atoms. The fraction of sp³-hybridized carbons (Fsp3) is 0. The van der Waals surface area contributed by atoms with Crippen LogP contribution in [-0.4, -0.2) is 26.1 Å². The van der Waals surface area contributed by atoms with Gasteiger partial charge in [-0.1, -0.05) is 0 Å². The minimum absolute atomic E-state index is 0.0843. The maximum atomic E-state index is 11.0. The van der Waals surface area contributed by atoms with Crippen molar-refractivity contribution < 1.29 is 9.90 Å². The molecule has 0 fully saturated rings. The van der Waals surface area contributed by atoms with Gasteiger partial charge in [-0.2, -0.15) is 0 Å². The summed E-state index contributed by atoms with van der Waals surface area (Å²) in [7, 11) is 0. The summed E-state index contributed by atoms with van der Waals surface area (Å²) in [5.41, 5.74) is 8.14. The second kappa shape index (κ2) is 5.09. The molecule has 0 radical (unpaired) electrons. The smallest absolute Gasteiger partial charge is 0.220 e. The predicted octanol–water partition coefficient (Wildman–Crippen LogP) is 1.94. The van der Waals surface area contributed by atoms with Gasteiger partial charge in [0, 0.05) is 18.0 Å². The Labute approximate surface area is 120 Å². The lowest BCUT2D eigenvalue weighted by Gasteiger charge is -2.08. The third-order valence-electron chi connectivity index (χ3n) is 3.13. The fourth-order valence-electron chi connectivity index (χ4n) is 2.15. The topological polar surface area (TPSA) is 94.0 Å². The molecule has 3 rings (SSSR count). The number of benzene rings is 1. The lowest BCUT2D eigenvalue weighted by Crippen LogP contribution is -1.97. The third kappa shape index (κ3) is 2.34. The lowest BCUT2D eigenvalue weighted by atomic mass is 10.0.